The molecule has 0 radical (unpaired) electrons. The second-order valence-electron chi connectivity index (χ2n) is 6.79. The summed E-state index contributed by atoms with van der Waals surface area (Å²) in [6.07, 6.45) is 1.31. The van der Waals surface area contributed by atoms with Crippen LogP contribution in [0.3, 0.4) is 0 Å². The molecule has 3 N–H and O–H groups in total. The number of nitrogens with two attached hydrogens (primary N) is 1. The summed E-state index contributed by atoms with van der Waals surface area (Å²) in [5.74, 6) is -3.61. The number of anilines is 1. The van der Waals surface area contributed by atoms with Crippen LogP contribution < -0.4 is 15.8 Å². The average Bonchev–Trinajstić information content (AvgIpc) is 2.68. The number of amides is 1. The predicted molar refractivity (Wildman–Crippen MR) is 106 cm³/mol. The van der Waals surface area contributed by atoms with Crippen LogP contribution in [-0.2, 0) is 15.6 Å². The van der Waals surface area contributed by atoms with Gasteiger partial charge in [-0.3, -0.25) is 4.79 Å². The Hall–Kier alpha value is -3.28. The summed E-state index contributed by atoms with van der Waals surface area (Å²) in [5.41, 5.74) is 2.80. The summed E-state index contributed by atoms with van der Waals surface area (Å²) in [4.78, 5) is 20.3. The third kappa shape index (κ3) is 3.77. The van der Waals surface area contributed by atoms with E-state index in [1.54, 1.807) is 0 Å². The Balaban J connectivity index is 2.01. The van der Waals surface area contributed by atoms with Crippen LogP contribution in [0.1, 0.15) is 23.0 Å². The number of hydrogen-bond acceptors (Lipinski definition) is 7. The fourth-order valence-corrected chi connectivity index (χ4v) is 4.48. The highest BCUT2D eigenvalue weighted by molar-refractivity contribution is 7.89. The molecule has 1 amide bonds. The molecule has 1 aromatic carbocycles. The molecule has 30 heavy (non-hydrogen) atoms. The number of sulfonamides is 1. The van der Waals surface area contributed by atoms with Crippen LogP contribution in [0, 0.1) is 11.6 Å². The highest BCUT2D eigenvalue weighted by Crippen LogP contribution is 2.37. The largest absolute Gasteiger partial charge is 0.495 e. The number of aliphatic imine (C=N–C) groups is 1. The Morgan fingerprint density at radius 3 is 2.57 bits per heavy atom. The van der Waals surface area contributed by atoms with E-state index < -0.39 is 50.4 Å². The van der Waals surface area contributed by atoms with Gasteiger partial charge in [0.05, 0.1) is 30.3 Å². The molecule has 2 aromatic rings. The summed E-state index contributed by atoms with van der Waals surface area (Å²) in [5, 5.41) is 2.31. The Morgan fingerprint density at radius 2 is 2.00 bits per heavy atom. The number of carbonyl (C=O) groups is 1. The Labute approximate surface area is 171 Å². The molecular formula is C18H19F2N5O4S. The van der Waals surface area contributed by atoms with Gasteiger partial charge >= 0.3 is 0 Å². The number of hydrogen-bond donors (Lipinski definition) is 2. The van der Waals surface area contributed by atoms with Gasteiger partial charge < -0.3 is 15.8 Å². The monoisotopic (exact) mass is 439 g/mol. The first-order valence-corrected chi connectivity index (χ1v) is 10.2. The fourth-order valence-electron chi connectivity index (χ4n) is 3.04. The molecule has 0 bridgehead atoms. The van der Waals surface area contributed by atoms with Crippen molar-refractivity contribution in [2.24, 2.45) is 10.7 Å². The van der Waals surface area contributed by atoms with Gasteiger partial charge in [-0.05, 0) is 31.2 Å². The number of pyridine rings is 1. The van der Waals surface area contributed by atoms with Crippen molar-refractivity contribution >= 4 is 27.6 Å². The molecule has 0 saturated heterocycles. The number of aromatic nitrogens is 1. The predicted octanol–water partition coefficient (Wildman–Crippen LogP) is 1.43. The lowest BCUT2D eigenvalue weighted by Crippen LogP contribution is -2.50. The number of halogens is 2. The summed E-state index contributed by atoms with van der Waals surface area (Å²) < 4.78 is 60.2. The maximum Gasteiger partial charge on any atom is 0.274 e. The van der Waals surface area contributed by atoms with Gasteiger partial charge in [0.1, 0.15) is 22.8 Å². The first-order valence-electron chi connectivity index (χ1n) is 8.60. The molecule has 0 fully saturated rings. The first kappa shape index (κ1) is 21.4. The zero-order valence-corrected chi connectivity index (χ0v) is 17.1. The van der Waals surface area contributed by atoms with Gasteiger partial charge in [-0.1, -0.05) is 0 Å². The molecule has 0 saturated carbocycles. The molecular weight excluding hydrogens is 420 g/mol. The highest BCUT2D eigenvalue weighted by atomic mass is 32.2. The smallest absolute Gasteiger partial charge is 0.274 e. The molecule has 1 aromatic heterocycles. The molecule has 1 atom stereocenters. The highest BCUT2D eigenvalue weighted by Gasteiger charge is 2.43. The minimum absolute atomic E-state index is 0.0311. The molecule has 9 nitrogen and oxygen atoms in total. The van der Waals surface area contributed by atoms with E-state index in [1.807, 2.05) is 0 Å². The summed E-state index contributed by atoms with van der Waals surface area (Å²) >= 11 is 0. The van der Waals surface area contributed by atoms with Gasteiger partial charge in [-0.15, -0.1) is 0 Å². The van der Waals surface area contributed by atoms with Crippen molar-refractivity contribution in [1.82, 2.24) is 9.29 Å². The zero-order chi connectivity index (χ0) is 22.3. The van der Waals surface area contributed by atoms with E-state index in [-0.39, 0.29) is 11.4 Å². The third-order valence-corrected chi connectivity index (χ3v) is 6.60. The van der Waals surface area contributed by atoms with Crippen molar-refractivity contribution in [2.45, 2.75) is 12.5 Å². The van der Waals surface area contributed by atoms with Crippen molar-refractivity contribution < 1.29 is 26.7 Å². The summed E-state index contributed by atoms with van der Waals surface area (Å²) in [7, 11) is -1.32. The third-order valence-electron chi connectivity index (χ3n) is 4.65. The van der Waals surface area contributed by atoms with E-state index in [4.69, 9.17) is 10.5 Å². The number of nitrogens with zero attached hydrogens (tertiary/aromatic N) is 3. The van der Waals surface area contributed by atoms with Crippen LogP contribution in [0.2, 0.25) is 0 Å². The van der Waals surface area contributed by atoms with Crippen molar-refractivity contribution in [3.05, 3.63) is 53.4 Å². The van der Waals surface area contributed by atoms with Gasteiger partial charge in [0.15, 0.2) is 5.82 Å². The maximum absolute atomic E-state index is 15.2. The molecule has 160 valence electrons. The second-order valence-corrected chi connectivity index (χ2v) is 8.79. The molecule has 1 aliphatic rings. The lowest BCUT2D eigenvalue weighted by atomic mass is 9.92. The molecule has 2 heterocycles. The van der Waals surface area contributed by atoms with Gasteiger partial charge in [0.25, 0.3) is 5.91 Å². The van der Waals surface area contributed by atoms with E-state index in [0.29, 0.717) is 5.75 Å². The number of methoxy groups -OCH3 is 1. The van der Waals surface area contributed by atoms with Crippen LogP contribution in [0.25, 0.3) is 0 Å². The summed E-state index contributed by atoms with van der Waals surface area (Å²) in [6, 6.07) is 4.80. The topological polar surface area (TPSA) is 127 Å². The van der Waals surface area contributed by atoms with E-state index in [1.165, 1.54) is 39.4 Å². The SMILES string of the molecule is COc1ccc(C(=O)Nc2ccc(F)c([C@]3(C)CS(=O)(=O)N(C)C(N)=N3)c2F)nc1. The van der Waals surface area contributed by atoms with Gasteiger partial charge in [-0.25, -0.2) is 31.5 Å². The minimum Gasteiger partial charge on any atom is -0.495 e. The Bertz CT molecular complexity index is 1140. The van der Waals surface area contributed by atoms with Crippen molar-refractivity contribution in [3.8, 4) is 5.75 Å². The van der Waals surface area contributed by atoms with Gasteiger partial charge in [0.2, 0.25) is 16.0 Å². The number of ether oxygens (including phenoxy) is 1. The molecule has 0 spiro atoms. The summed E-state index contributed by atoms with van der Waals surface area (Å²) in [6.45, 7) is 1.25. The first-order chi connectivity index (χ1) is 14.0. The van der Waals surface area contributed by atoms with Crippen LogP contribution in [0.15, 0.2) is 35.5 Å². The maximum atomic E-state index is 15.2. The number of benzene rings is 1. The molecule has 1 aliphatic heterocycles. The van der Waals surface area contributed by atoms with Gasteiger partial charge in [0, 0.05) is 7.05 Å². The van der Waals surface area contributed by atoms with E-state index >= 15 is 4.39 Å². The van der Waals surface area contributed by atoms with E-state index in [0.717, 1.165) is 16.4 Å². The van der Waals surface area contributed by atoms with Crippen LogP contribution >= 0.6 is 0 Å². The molecule has 0 aliphatic carbocycles. The van der Waals surface area contributed by atoms with Crippen molar-refractivity contribution in [3.63, 3.8) is 0 Å². The second kappa shape index (κ2) is 7.52. The number of guanidine groups is 1. The van der Waals surface area contributed by atoms with Crippen LogP contribution in [-0.4, -0.2) is 49.5 Å². The van der Waals surface area contributed by atoms with E-state index in [2.05, 4.69) is 15.3 Å². The minimum atomic E-state index is -3.95. The zero-order valence-electron chi connectivity index (χ0n) is 16.3. The lowest BCUT2D eigenvalue weighted by Gasteiger charge is -2.35. The fraction of sp³-hybridized carbons (Fsp3) is 0.278. The van der Waals surface area contributed by atoms with E-state index in [9.17, 15) is 17.6 Å². The lowest BCUT2D eigenvalue weighted by molar-refractivity contribution is 0.102. The molecule has 12 heteroatoms. The quantitative estimate of drug-likeness (QED) is 0.742. The normalized spacial score (nSPS) is 20.4. The van der Waals surface area contributed by atoms with Crippen LogP contribution in [0.5, 0.6) is 5.75 Å². The standard InChI is InChI=1S/C18H19F2N5O4S/c1-18(9-30(27,28)25(2)17(21)24-18)14-11(19)5-7-12(15(14)20)23-16(26)13-6-4-10(29-3)8-22-13/h4-8H,9H2,1-3H3,(H2,21,24)(H,23,26)/t18-/m0/s1. The average molecular weight is 439 g/mol. The van der Waals surface area contributed by atoms with Gasteiger partial charge in [-0.2, -0.15) is 0 Å². The van der Waals surface area contributed by atoms with Crippen molar-refractivity contribution in [2.75, 3.05) is 25.2 Å². The number of rotatable bonds is 4. The van der Waals surface area contributed by atoms with Crippen LogP contribution in [0.4, 0.5) is 14.5 Å². The Morgan fingerprint density at radius 1 is 1.30 bits per heavy atom. The number of nitrogens with one attached hydrogen (secondary N) is 1. The van der Waals surface area contributed by atoms with Crippen molar-refractivity contribution in [1.29, 1.82) is 0 Å². The number of carbonyl (C=O) groups excluding carboxylic acids is 1. The molecule has 3 rings (SSSR count). The Kier molecular flexibility index (Phi) is 5.37. The molecule has 0 unspecified atom stereocenters.